The number of halogens is 1. The first kappa shape index (κ1) is 15.9. The van der Waals surface area contributed by atoms with Crippen molar-refractivity contribution in [2.75, 3.05) is 20.1 Å². The Labute approximate surface area is 130 Å². The molecule has 1 unspecified atom stereocenters. The molecule has 2 aromatic rings. The number of pyridine rings is 1. The van der Waals surface area contributed by atoms with Gasteiger partial charge in [-0.2, -0.15) is 0 Å². The largest absolute Gasteiger partial charge is 0.316 e. The zero-order valence-electron chi connectivity index (χ0n) is 12.4. The first-order valence-electron chi connectivity index (χ1n) is 7.04. The van der Waals surface area contributed by atoms with E-state index in [0.717, 1.165) is 43.0 Å². The number of aromatic nitrogens is 2. The minimum atomic E-state index is -0.00179. The van der Waals surface area contributed by atoms with Gasteiger partial charge in [-0.3, -0.25) is 14.1 Å². The summed E-state index contributed by atoms with van der Waals surface area (Å²) in [5, 5.41) is 3.30. The second-order valence-electron chi connectivity index (χ2n) is 5.53. The topological polar surface area (TPSA) is 49.6 Å². The highest BCUT2D eigenvalue weighted by atomic mass is 35.5. The summed E-state index contributed by atoms with van der Waals surface area (Å²) in [7, 11) is 2.00. The Kier molecular flexibility index (Phi) is 4.98. The molecule has 0 aromatic carbocycles. The van der Waals surface area contributed by atoms with Crippen molar-refractivity contribution < 1.29 is 0 Å². The van der Waals surface area contributed by atoms with Crippen LogP contribution in [0.5, 0.6) is 0 Å². The number of hydrogen-bond donors (Lipinski definition) is 1. The molecule has 0 aliphatic carbocycles. The maximum absolute atomic E-state index is 12.1. The third kappa shape index (κ3) is 3.43. The average molecular weight is 309 g/mol. The van der Waals surface area contributed by atoms with Crippen LogP contribution in [0.3, 0.4) is 0 Å². The molecule has 0 spiro atoms. The number of hydrogen-bond acceptors (Lipinski definition) is 4. The normalized spacial score (nSPS) is 18.9. The molecule has 6 heteroatoms. The van der Waals surface area contributed by atoms with Crippen LogP contribution in [0.4, 0.5) is 0 Å². The van der Waals surface area contributed by atoms with Crippen LogP contribution in [0, 0.1) is 6.92 Å². The summed E-state index contributed by atoms with van der Waals surface area (Å²) in [5.41, 5.74) is 2.64. The maximum Gasteiger partial charge on any atom is 0.258 e. The lowest BCUT2D eigenvalue weighted by Gasteiger charge is -2.15. The number of rotatable bonds is 3. The smallest absolute Gasteiger partial charge is 0.258 e. The summed E-state index contributed by atoms with van der Waals surface area (Å²) in [6, 6.07) is 6.09. The molecule has 0 amide bonds. The van der Waals surface area contributed by atoms with E-state index < -0.39 is 0 Å². The molecule has 1 aliphatic heterocycles. The van der Waals surface area contributed by atoms with Crippen molar-refractivity contribution in [1.29, 1.82) is 0 Å². The van der Waals surface area contributed by atoms with Crippen LogP contribution in [0.25, 0.3) is 5.65 Å². The lowest BCUT2D eigenvalue weighted by Crippen LogP contribution is -2.30. The zero-order chi connectivity index (χ0) is 14.1. The molecule has 0 radical (unpaired) electrons. The number of aryl methyl sites for hydroxylation is 1. The minimum Gasteiger partial charge on any atom is -0.316 e. The summed E-state index contributed by atoms with van der Waals surface area (Å²) in [6.45, 7) is 4.80. The first-order chi connectivity index (χ1) is 9.65. The molecule has 114 valence electrons. The quantitative estimate of drug-likeness (QED) is 0.926. The Morgan fingerprint density at radius 1 is 1.43 bits per heavy atom. The van der Waals surface area contributed by atoms with Crippen LogP contribution in [0.1, 0.15) is 17.7 Å². The number of fused-ring (bicyclic) bond motifs is 1. The standard InChI is InChI=1S/C15H20N4O.ClH/c1-11-3-4-14-17-13(7-15(20)19(14)8-11)10-18-6-5-12(9-18)16-2;/h3-4,7-8,12,16H,5-6,9-10H2,1-2H3;1H. The maximum atomic E-state index is 12.1. The lowest BCUT2D eigenvalue weighted by atomic mass is 10.3. The third-order valence-electron chi connectivity index (χ3n) is 3.93. The first-order valence-corrected chi connectivity index (χ1v) is 7.04. The van der Waals surface area contributed by atoms with Crippen LogP contribution in [-0.4, -0.2) is 40.5 Å². The molecule has 2 aromatic heterocycles. The van der Waals surface area contributed by atoms with E-state index in [1.165, 1.54) is 0 Å². The lowest BCUT2D eigenvalue weighted by molar-refractivity contribution is 0.318. The Morgan fingerprint density at radius 3 is 2.95 bits per heavy atom. The third-order valence-corrected chi connectivity index (χ3v) is 3.93. The van der Waals surface area contributed by atoms with Crippen molar-refractivity contribution in [3.05, 3.63) is 46.0 Å². The molecule has 1 N–H and O–H groups in total. The Hall–Kier alpha value is -1.43. The van der Waals surface area contributed by atoms with Gasteiger partial charge in [-0.25, -0.2) is 4.98 Å². The molecule has 3 rings (SSSR count). The Bertz CT molecular complexity index is 685. The molecule has 1 aliphatic rings. The fraction of sp³-hybridized carbons (Fsp3) is 0.467. The predicted molar refractivity (Wildman–Crippen MR) is 86.2 cm³/mol. The Balaban J connectivity index is 0.00000161. The number of likely N-dealkylation sites (tertiary alicyclic amines) is 1. The molecule has 3 heterocycles. The second kappa shape index (κ2) is 6.56. The predicted octanol–water partition coefficient (Wildman–Crippen LogP) is 1.22. The van der Waals surface area contributed by atoms with Gasteiger partial charge in [-0.05, 0) is 32.0 Å². The summed E-state index contributed by atoms with van der Waals surface area (Å²) >= 11 is 0. The average Bonchev–Trinajstić information content (AvgIpc) is 2.87. The van der Waals surface area contributed by atoms with Gasteiger partial charge < -0.3 is 5.32 Å². The molecular formula is C15H21ClN4O. The fourth-order valence-corrected chi connectivity index (χ4v) is 2.78. The molecule has 21 heavy (non-hydrogen) atoms. The van der Waals surface area contributed by atoms with Crippen LogP contribution in [-0.2, 0) is 6.54 Å². The van der Waals surface area contributed by atoms with Crippen molar-refractivity contribution in [2.24, 2.45) is 0 Å². The molecule has 1 atom stereocenters. The van der Waals surface area contributed by atoms with Crippen molar-refractivity contribution in [1.82, 2.24) is 19.6 Å². The van der Waals surface area contributed by atoms with Gasteiger partial charge in [0.25, 0.3) is 5.56 Å². The van der Waals surface area contributed by atoms with Crippen LogP contribution >= 0.6 is 12.4 Å². The van der Waals surface area contributed by atoms with Gasteiger partial charge in [-0.1, -0.05) is 6.07 Å². The van der Waals surface area contributed by atoms with Crippen molar-refractivity contribution >= 4 is 18.1 Å². The van der Waals surface area contributed by atoms with E-state index >= 15 is 0 Å². The number of likely N-dealkylation sites (N-methyl/N-ethyl adjacent to an activating group) is 1. The van der Waals surface area contributed by atoms with E-state index in [9.17, 15) is 4.79 Å². The van der Waals surface area contributed by atoms with E-state index in [1.807, 2.05) is 32.3 Å². The second-order valence-corrected chi connectivity index (χ2v) is 5.53. The van der Waals surface area contributed by atoms with Crippen molar-refractivity contribution in [2.45, 2.75) is 25.9 Å². The van der Waals surface area contributed by atoms with Gasteiger partial charge in [0, 0.05) is 37.9 Å². The molecule has 5 nitrogen and oxygen atoms in total. The van der Waals surface area contributed by atoms with E-state index in [0.29, 0.717) is 6.04 Å². The van der Waals surface area contributed by atoms with Crippen LogP contribution < -0.4 is 10.9 Å². The van der Waals surface area contributed by atoms with Gasteiger partial charge in [0.05, 0.1) is 5.69 Å². The highest BCUT2D eigenvalue weighted by molar-refractivity contribution is 5.85. The minimum absolute atomic E-state index is 0. The van der Waals surface area contributed by atoms with Gasteiger partial charge >= 0.3 is 0 Å². The van der Waals surface area contributed by atoms with E-state index in [-0.39, 0.29) is 18.0 Å². The highest BCUT2D eigenvalue weighted by Crippen LogP contribution is 2.12. The van der Waals surface area contributed by atoms with Crippen molar-refractivity contribution in [3.63, 3.8) is 0 Å². The molecule has 0 bridgehead atoms. The SMILES string of the molecule is CNC1CCN(Cc2cc(=O)n3cc(C)ccc3n2)C1.Cl. The summed E-state index contributed by atoms with van der Waals surface area (Å²) in [4.78, 5) is 19.1. The summed E-state index contributed by atoms with van der Waals surface area (Å²) in [6.07, 6.45) is 2.99. The Morgan fingerprint density at radius 2 is 2.24 bits per heavy atom. The van der Waals surface area contributed by atoms with Gasteiger partial charge in [0.2, 0.25) is 0 Å². The monoisotopic (exact) mass is 308 g/mol. The number of nitrogens with zero attached hydrogens (tertiary/aromatic N) is 3. The highest BCUT2D eigenvalue weighted by Gasteiger charge is 2.21. The molecule has 0 saturated carbocycles. The van der Waals surface area contributed by atoms with Gasteiger partial charge in [0.15, 0.2) is 0 Å². The summed E-state index contributed by atoms with van der Waals surface area (Å²) < 4.78 is 1.61. The van der Waals surface area contributed by atoms with E-state index in [2.05, 4.69) is 15.2 Å². The molecular weight excluding hydrogens is 288 g/mol. The molecule has 1 fully saturated rings. The number of nitrogens with one attached hydrogen (secondary N) is 1. The van der Waals surface area contributed by atoms with E-state index in [4.69, 9.17) is 0 Å². The summed E-state index contributed by atoms with van der Waals surface area (Å²) in [5.74, 6) is 0. The zero-order valence-corrected chi connectivity index (χ0v) is 13.2. The van der Waals surface area contributed by atoms with Crippen molar-refractivity contribution in [3.8, 4) is 0 Å². The van der Waals surface area contributed by atoms with E-state index in [1.54, 1.807) is 10.5 Å². The fourth-order valence-electron chi connectivity index (χ4n) is 2.78. The molecule has 1 saturated heterocycles. The van der Waals surface area contributed by atoms with Crippen LogP contribution in [0.2, 0.25) is 0 Å². The van der Waals surface area contributed by atoms with Gasteiger partial charge in [-0.15, -0.1) is 12.4 Å². The van der Waals surface area contributed by atoms with Crippen LogP contribution in [0.15, 0.2) is 29.2 Å². The van der Waals surface area contributed by atoms with Gasteiger partial charge in [0.1, 0.15) is 5.65 Å².